The van der Waals surface area contributed by atoms with E-state index in [0.717, 1.165) is 38.3 Å². The summed E-state index contributed by atoms with van der Waals surface area (Å²) >= 11 is 0. The van der Waals surface area contributed by atoms with E-state index < -0.39 is 5.97 Å². The van der Waals surface area contributed by atoms with Crippen LogP contribution in [0.25, 0.3) is 0 Å². The van der Waals surface area contributed by atoms with Gasteiger partial charge in [0.1, 0.15) is 0 Å². The van der Waals surface area contributed by atoms with Gasteiger partial charge in [0.25, 0.3) is 0 Å². The highest BCUT2D eigenvalue weighted by Crippen LogP contribution is 2.29. The van der Waals surface area contributed by atoms with E-state index in [1.807, 2.05) is 12.1 Å². The lowest BCUT2D eigenvalue weighted by Crippen LogP contribution is -2.20. The molecule has 0 radical (unpaired) electrons. The van der Waals surface area contributed by atoms with Crippen molar-refractivity contribution >= 4 is 5.97 Å². The maximum atomic E-state index is 11.0. The van der Waals surface area contributed by atoms with Crippen LogP contribution in [-0.2, 0) is 13.1 Å². The first kappa shape index (κ1) is 16.7. The maximum Gasteiger partial charge on any atom is 0.335 e. The van der Waals surface area contributed by atoms with E-state index in [4.69, 9.17) is 5.11 Å². The number of aryl methyl sites for hydroxylation is 2. The molecule has 3 rings (SSSR count). The summed E-state index contributed by atoms with van der Waals surface area (Å²) in [6, 6.07) is 7.34. The number of hydrogen-bond acceptors (Lipinski definition) is 3. The smallest absolute Gasteiger partial charge is 0.335 e. The predicted molar refractivity (Wildman–Crippen MR) is 93.4 cm³/mol. The van der Waals surface area contributed by atoms with Gasteiger partial charge in [-0.25, -0.2) is 4.79 Å². The van der Waals surface area contributed by atoms with Crippen molar-refractivity contribution in [3.8, 4) is 0 Å². The van der Waals surface area contributed by atoms with Crippen molar-refractivity contribution in [2.24, 2.45) is 0 Å². The zero-order valence-electron chi connectivity index (χ0n) is 14.6. The molecule has 1 fully saturated rings. The molecule has 2 heterocycles. The number of hydrogen-bond donors (Lipinski definition) is 1. The zero-order chi connectivity index (χ0) is 17.3. The molecule has 0 bridgehead atoms. The molecular formula is C19H25N3O2. The second kappa shape index (κ2) is 6.77. The van der Waals surface area contributed by atoms with Crippen molar-refractivity contribution in [3.05, 3.63) is 52.3 Å². The van der Waals surface area contributed by atoms with Crippen molar-refractivity contribution in [1.82, 2.24) is 14.7 Å². The van der Waals surface area contributed by atoms with Crippen LogP contribution in [0, 0.1) is 13.8 Å². The van der Waals surface area contributed by atoms with Crippen LogP contribution in [0.5, 0.6) is 0 Å². The number of benzene rings is 1. The Labute approximate surface area is 142 Å². The second-order valence-corrected chi connectivity index (χ2v) is 6.61. The van der Waals surface area contributed by atoms with E-state index in [2.05, 4.69) is 35.5 Å². The van der Waals surface area contributed by atoms with Crippen molar-refractivity contribution < 1.29 is 9.90 Å². The molecule has 128 valence electrons. The molecule has 5 nitrogen and oxygen atoms in total. The highest BCUT2D eigenvalue weighted by atomic mass is 16.4. The fraction of sp³-hybridized carbons (Fsp3) is 0.474. The number of carboxylic acid groups (broad SMARTS) is 1. The predicted octanol–water partition coefficient (Wildman–Crippen LogP) is 3.21. The lowest BCUT2D eigenvalue weighted by molar-refractivity contribution is 0.0697. The first-order chi connectivity index (χ1) is 11.5. The highest BCUT2D eigenvalue weighted by Gasteiger charge is 2.25. The normalized spacial score (nSPS) is 18.2. The Morgan fingerprint density at radius 1 is 1.29 bits per heavy atom. The van der Waals surface area contributed by atoms with E-state index in [-0.39, 0.29) is 0 Å². The van der Waals surface area contributed by atoms with Crippen LogP contribution in [0.1, 0.15) is 52.1 Å². The third-order valence-electron chi connectivity index (χ3n) is 5.11. The Balaban J connectivity index is 1.67. The SMILES string of the molecule is CCn1nc(C)c(CN2CC[C@H](c3ccc(C(=O)O)cc3)C2)c1C. The van der Waals surface area contributed by atoms with Crippen LogP contribution in [0.4, 0.5) is 0 Å². The van der Waals surface area contributed by atoms with Crippen molar-refractivity contribution in [1.29, 1.82) is 0 Å². The molecule has 1 aromatic carbocycles. The lowest BCUT2D eigenvalue weighted by Gasteiger charge is -2.17. The van der Waals surface area contributed by atoms with E-state index >= 15 is 0 Å². The summed E-state index contributed by atoms with van der Waals surface area (Å²) in [5, 5.41) is 13.6. The summed E-state index contributed by atoms with van der Waals surface area (Å²) in [4.78, 5) is 13.4. The van der Waals surface area contributed by atoms with E-state index in [1.165, 1.54) is 16.8 Å². The van der Waals surface area contributed by atoms with Gasteiger partial charge in [-0.15, -0.1) is 0 Å². The minimum absolute atomic E-state index is 0.354. The van der Waals surface area contributed by atoms with Gasteiger partial charge in [0.2, 0.25) is 0 Å². The summed E-state index contributed by atoms with van der Waals surface area (Å²) in [6.45, 7) is 10.3. The Morgan fingerprint density at radius 2 is 2.00 bits per heavy atom. The standard InChI is InChI=1S/C19H25N3O2/c1-4-22-14(3)18(13(2)20-22)12-21-10-9-17(11-21)15-5-7-16(8-6-15)19(23)24/h5-8,17H,4,9-12H2,1-3H3,(H,23,24)/t17-/m0/s1. The van der Waals surface area contributed by atoms with Crippen LogP contribution in [-0.4, -0.2) is 38.8 Å². The minimum atomic E-state index is -0.867. The van der Waals surface area contributed by atoms with Gasteiger partial charge in [-0.05, 0) is 57.4 Å². The van der Waals surface area contributed by atoms with Gasteiger partial charge >= 0.3 is 5.97 Å². The summed E-state index contributed by atoms with van der Waals surface area (Å²) in [7, 11) is 0. The summed E-state index contributed by atoms with van der Waals surface area (Å²) in [5.74, 6) is -0.386. The molecule has 1 N–H and O–H groups in total. The molecule has 24 heavy (non-hydrogen) atoms. The van der Waals surface area contributed by atoms with E-state index in [9.17, 15) is 4.79 Å². The van der Waals surface area contributed by atoms with Gasteiger partial charge in [0.05, 0.1) is 11.3 Å². The molecule has 1 aliphatic rings. The molecular weight excluding hydrogens is 302 g/mol. The molecule has 0 spiro atoms. The summed E-state index contributed by atoms with van der Waals surface area (Å²) in [6.07, 6.45) is 1.12. The van der Waals surface area contributed by atoms with Crippen LogP contribution in [0.3, 0.4) is 0 Å². The second-order valence-electron chi connectivity index (χ2n) is 6.61. The molecule has 0 amide bonds. The van der Waals surface area contributed by atoms with Crippen molar-refractivity contribution in [2.75, 3.05) is 13.1 Å². The third-order valence-corrected chi connectivity index (χ3v) is 5.11. The monoisotopic (exact) mass is 327 g/mol. The quantitative estimate of drug-likeness (QED) is 0.916. The van der Waals surface area contributed by atoms with Crippen molar-refractivity contribution in [3.63, 3.8) is 0 Å². The fourth-order valence-corrected chi connectivity index (χ4v) is 3.64. The van der Waals surface area contributed by atoms with Crippen LogP contribution >= 0.6 is 0 Å². The van der Waals surface area contributed by atoms with Gasteiger partial charge in [-0.2, -0.15) is 5.10 Å². The summed E-state index contributed by atoms with van der Waals surface area (Å²) in [5.41, 5.74) is 5.33. The first-order valence-corrected chi connectivity index (χ1v) is 8.58. The minimum Gasteiger partial charge on any atom is -0.478 e. The van der Waals surface area contributed by atoms with Crippen LogP contribution in [0.15, 0.2) is 24.3 Å². The van der Waals surface area contributed by atoms with Gasteiger partial charge in [0.15, 0.2) is 0 Å². The Kier molecular flexibility index (Phi) is 4.71. The number of likely N-dealkylation sites (tertiary alicyclic amines) is 1. The molecule has 5 heteroatoms. The van der Waals surface area contributed by atoms with Gasteiger partial charge in [-0.1, -0.05) is 12.1 Å². The van der Waals surface area contributed by atoms with Gasteiger partial charge < -0.3 is 5.11 Å². The molecule has 0 saturated carbocycles. The molecule has 0 aliphatic carbocycles. The zero-order valence-corrected chi connectivity index (χ0v) is 14.6. The number of nitrogens with zero attached hydrogens (tertiary/aromatic N) is 3. The average Bonchev–Trinajstić information content (AvgIpc) is 3.15. The van der Waals surface area contributed by atoms with Gasteiger partial charge in [-0.3, -0.25) is 9.58 Å². The topological polar surface area (TPSA) is 58.4 Å². The maximum absolute atomic E-state index is 11.0. The molecule has 0 unspecified atom stereocenters. The van der Waals surface area contributed by atoms with E-state index in [0.29, 0.717) is 11.5 Å². The van der Waals surface area contributed by atoms with Crippen LogP contribution < -0.4 is 0 Å². The number of aromatic carboxylic acids is 1. The molecule has 1 aromatic heterocycles. The first-order valence-electron chi connectivity index (χ1n) is 8.58. The summed E-state index contributed by atoms with van der Waals surface area (Å²) < 4.78 is 2.07. The number of carboxylic acids is 1. The number of carbonyl (C=O) groups is 1. The Morgan fingerprint density at radius 3 is 2.58 bits per heavy atom. The highest BCUT2D eigenvalue weighted by molar-refractivity contribution is 5.87. The van der Waals surface area contributed by atoms with E-state index in [1.54, 1.807) is 12.1 Å². The lowest BCUT2D eigenvalue weighted by atomic mass is 9.97. The average molecular weight is 327 g/mol. The fourth-order valence-electron chi connectivity index (χ4n) is 3.64. The Hall–Kier alpha value is -2.14. The molecule has 2 aromatic rings. The van der Waals surface area contributed by atoms with Crippen LogP contribution in [0.2, 0.25) is 0 Å². The Bertz CT molecular complexity index is 734. The van der Waals surface area contributed by atoms with Gasteiger partial charge in [0, 0.05) is 30.9 Å². The number of rotatable bonds is 5. The number of aromatic nitrogens is 2. The van der Waals surface area contributed by atoms with Crippen molar-refractivity contribution in [2.45, 2.75) is 46.2 Å². The molecule has 1 saturated heterocycles. The third kappa shape index (κ3) is 3.22. The molecule has 1 atom stereocenters. The largest absolute Gasteiger partial charge is 0.478 e. The molecule has 1 aliphatic heterocycles.